The van der Waals surface area contributed by atoms with Gasteiger partial charge in [0.05, 0.1) is 6.10 Å². The van der Waals surface area contributed by atoms with Crippen LogP contribution in [0.15, 0.2) is 24.3 Å². The predicted molar refractivity (Wildman–Crippen MR) is 77.3 cm³/mol. The molecule has 0 aromatic heterocycles. The predicted octanol–water partition coefficient (Wildman–Crippen LogP) is 2.99. The van der Waals surface area contributed by atoms with Gasteiger partial charge in [-0.1, -0.05) is 6.92 Å². The summed E-state index contributed by atoms with van der Waals surface area (Å²) in [4.78, 5) is 11.0. The molecule has 1 aromatic carbocycles. The summed E-state index contributed by atoms with van der Waals surface area (Å²) in [6, 6.07) is 7.41. The molecule has 1 N–H and O–H groups in total. The minimum atomic E-state index is -0.423. The van der Waals surface area contributed by atoms with E-state index in [4.69, 9.17) is 14.2 Å². The van der Waals surface area contributed by atoms with Crippen molar-refractivity contribution >= 4 is 6.09 Å². The molecule has 5 nitrogen and oxygen atoms in total. The molecule has 0 aliphatic rings. The molecule has 0 aliphatic heterocycles. The van der Waals surface area contributed by atoms with E-state index in [1.807, 2.05) is 38.1 Å². The van der Waals surface area contributed by atoms with Gasteiger partial charge in [0.25, 0.3) is 0 Å². The zero-order valence-electron chi connectivity index (χ0n) is 12.3. The van der Waals surface area contributed by atoms with E-state index in [-0.39, 0.29) is 12.7 Å². The average molecular weight is 281 g/mol. The number of rotatable bonds is 8. The van der Waals surface area contributed by atoms with E-state index in [9.17, 15) is 4.79 Å². The van der Waals surface area contributed by atoms with Gasteiger partial charge in [0.1, 0.15) is 24.7 Å². The van der Waals surface area contributed by atoms with E-state index < -0.39 is 6.09 Å². The number of hydrogen-bond acceptors (Lipinski definition) is 4. The second-order valence-electron chi connectivity index (χ2n) is 4.32. The van der Waals surface area contributed by atoms with Crippen molar-refractivity contribution in [2.24, 2.45) is 0 Å². The Balaban J connectivity index is 2.26. The van der Waals surface area contributed by atoms with Gasteiger partial charge in [0, 0.05) is 6.54 Å². The molecule has 1 amide bonds. The van der Waals surface area contributed by atoms with Crippen LogP contribution in [0.25, 0.3) is 0 Å². The lowest BCUT2D eigenvalue weighted by molar-refractivity contribution is 0.125. The topological polar surface area (TPSA) is 56.8 Å². The molecule has 0 unspecified atom stereocenters. The number of carbonyl (C=O) groups excluding carboxylic acids is 1. The molecule has 0 saturated heterocycles. The third kappa shape index (κ3) is 6.31. The molecule has 1 rings (SSSR count). The monoisotopic (exact) mass is 281 g/mol. The van der Waals surface area contributed by atoms with Crippen molar-refractivity contribution in [1.82, 2.24) is 5.32 Å². The molecule has 0 heterocycles. The van der Waals surface area contributed by atoms with E-state index in [0.29, 0.717) is 13.2 Å². The standard InChI is InChI=1S/C15H23NO4/c1-4-12(3)20-14-8-6-13(7-9-14)18-10-11-19-15(17)16-5-2/h6-9,12H,4-5,10-11H2,1-3H3,(H,16,17)/t12-/m0/s1. The number of ether oxygens (including phenoxy) is 3. The number of carbonyl (C=O) groups is 1. The Bertz CT molecular complexity index is 391. The highest BCUT2D eigenvalue weighted by molar-refractivity contribution is 5.66. The fraction of sp³-hybridized carbons (Fsp3) is 0.533. The van der Waals surface area contributed by atoms with Gasteiger partial charge in [-0.2, -0.15) is 0 Å². The molecular weight excluding hydrogens is 258 g/mol. The SMILES string of the molecule is CCNC(=O)OCCOc1ccc(O[C@@H](C)CC)cc1. The molecule has 1 atom stereocenters. The Morgan fingerprint density at radius 1 is 1.15 bits per heavy atom. The zero-order chi connectivity index (χ0) is 14.8. The van der Waals surface area contributed by atoms with Crippen molar-refractivity contribution in [3.05, 3.63) is 24.3 Å². The molecule has 20 heavy (non-hydrogen) atoms. The van der Waals surface area contributed by atoms with Crippen molar-refractivity contribution in [2.75, 3.05) is 19.8 Å². The van der Waals surface area contributed by atoms with Gasteiger partial charge in [-0.3, -0.25) is 0 Å². The Labute approximate surface area is 120 Å². The van der Waals surface area contributed by atoms with E-state index >= 15 is 0 Å². The smallest absolute Gasteiger partial charge is 0.407 e. The third-order valence-corrected chi connectivity index (χ3v) is 2.64. The van der Waals surface area contributed by atoms with Crippen LogP contribution in [0.5, 0.6) is 11.5 Å². The second-order valence-corrected chi connectivity index (χ2v) is 4.32. The maximum atomic E-state index is 11.0. The van der Waals surface area contributed by atoms with Gasteiger partial charge in [-0.05, 0) is 44.5 Å². The Morgan fingerprint density at radius 2 is 1.80 bits per heavy atom. The number of amides is 1. The largest absolute Gasteiger partial charge is 0.491 e. The van der Waals surface area contributed by atoms with Crippen LogP contribution < -0.4 is 14.8 Å². The van der Waals surface area contributed by atoms with Gasteiger partial charge in [-0.15, -0.1) is 0 Å². The quantitative estimate of drug-likeness (QED) is 0.744. The molecule has 0 aliphatic carbocycles. The van der Waals surface area contributed by atoms with Gasteiger partial charge in [0.2, 0.25) is 0 Å². The van der Waals surface area contributed by atoms with E-state index in [1.54, 1.807) is 0 Å². The van der Waals surface area contributed by atoms with Crippen LogP contribution in [-0.4, -0.2) is 32.0 Å². The first-order valence-corrected chi connectivity index (χ1v) is 6.95. The summed E-state index contributed by atoms with van der Waals surface area (Å²) in [5.74, 6) is 1.55. The number of nitrogens with one attached hydrogen (secondary N) is 1. The molecule has 0 spiro atoms. The minimum absolute atomic E-state index is 0.201. The van der Waals surface area contributed by atoms with Crippen LogP contribution in [-0.2, 0) is 4.74 Å². The van der Waals surface area contributed by atoms with Crippen LogP contribution in [0.4, 0.5) is 4.79 Å². The van der Waals surface area contributed by atoms with Crippen LogP contribution >= 0.6 is 0 Å². The Kier molecular flexibility index (Phi) is 7.32. The number of hydrogen-bond donors (Lipinski definition) is 1. The van der Waals surface area contributed by atoms with E-state index in [0.717, 1.165) is 17.9 Å². The van der Waals surface area contributed by atoms with Crippen LogP contribution in [0.1, 0.15) is 27.2 Å². The molecule has 0 bridgehead atoms. The van der Waals surface area contributed by atoms with Crippen LogP contribution in [0.2, 0.25) is 0 Å². The number of benzene rings is 1. The first-order valence-electron chi connectivity index (χ1n) is 6.95. The highest BCUT2D eigenvalue weighted by Gasteiger charge is 2.02. The van der Waals surface area contributed by atoms with Crippen molar-refractivity contribution in [3.63, 3.8) is 0 Å². The zero-order valence-corrected chi connectivity index (χ0v) is 12.3. The average Bonchev–Trinajstić information content (AvgIpc) is 2.45. The third-order valence-electron chi connectivity index (χ3n) is 2.64. The van der Waals surface area contributed by atoms with Crippen molar-refractivity contribution < 1.29 is 19.0 Å². The second kappa shape index (κ2) is 9.07. The maximum Gasteiger partial charge on any atom is 0.407 e. The molecule has 0 radical (unpaired) electrons. The molecule has 0 saturated carbocycles. The van der Waals surface area contributed by atoms with Crippen molar-refractivity contribution in [2.45, 2.75) is 33.3 Å². The normalized spacial score (nSPS) is 11.6. The molecule has 5 heteroatoms. The highest BCUT2D eigenvalue weighted by Crippen LogP contribution is 2.19. The summed E-state index contributed by atoms with van der Waals surface area (Å²) in [6.45, 7) is 7.04. The summed E-state index contributed by atoms with van der Waals surface area (Å²) < 4.78 is 16.0. The first kappa shape index (κ1) is 16.1. The van der Waals surface area contributed by atoms with E-state index in [1.165, 1.54) is 0 Å². The lowest BCUT2D eigenvalue weighted by Gasteiger charge is -2.13. The summed E-state index contributed by atoms with van der Waals surface area (Å²) in [5.41, 5.74) is 0. The molecule has 0 fully saturated rings. The molecular formula is C15H23NO4. The van der Waals surface area contributed by atoms with Crippen LogP contribution in [0.3, 0.4) is 0 Å². The Hall–Kier alpha value is -1.91. The van der Waals surface area contributed by atoms with E-state index in [2.05, 4.69) is 12.2 Å². The molecule has 112 valence electrons. The van der Waals surface area contributed by atoms with Gasteiger partial charge >= 0.3 is 6.09 Å². The summed E-state index contributed by atoms with van der Waals surface area (Å²) >= 11 is 0. The minimum Gasteiger partial charge on any atom is -0.491 e. The fourth-order valence-electron chi connectivity index (χ4n) is 1.42. The van der Waals surface area contributed by atoms with Gasteiger partial charge in [-0.25, -0.2) is 4.79 Å². The fourth-order valence-corrected chi connectivity index (χ4v) is 1.42. The molecule has 1 aromatic rings. The first-order chi connectivity index (χ1) is 9.65. The van der Waals surface area contributed by atoms with Crippen molar-refractivity contribution in [3.8, 4) is 11.5 Å². The lowest BCUT2D eigenvalue weighted by atomic mass is 10.3. The lowest BCUT2D eigenvalue weighted by Crippen LogP contribution is -2.25. The van der Waals surface area contributed by atoms with Gasteiger partial charge < -0.3 is 19.5 Å². The van der Waals surface area contributed by atoms with Crippen molar-refractivity contribution in [1.29, 1.82) is 0 Å². The van der Waals surface area contributed by atoms with Gasteiger partial charge in [0.15, 0.2) is 0 Å². The maximum absolute atomic E-state index is 11.0. The highest BCUT2D eigenvalue weighted by atomic mass is 16.6. The summed E-state index contributed by atoms with van der Waals surface area (Å²) in [6.07, 6.45) is 0.746. The summed E-state index contributed by atoms with van der Waals surface area (Å²) in [5, 5.41) is 2.54. The Morgan fingerprint density at radius 3 is 2.40 bits per heavy atom. The summed E-state index contributed by atoms with van der Waals surface area (Å²) in [7, 11) is 0. The van der Waals surface area contributed by atoms with Crippen LogP contribution in [0, 0.1) is 0 Å². The number of alkyl carbamates (subject to hydrolysis) is 1.